The van der Waals surface area contributed by atoms with Gasteiger partial charge >= 0.3 is 0 Å². The molecule has 1 aromatic carbocycles. The molecule has 2 heterocycles. The molecule has 0 atom stereocenters. The van der Waals surface area contributed by atoms with Crippen LogP contribution in [0.1, 0.15) is 12.8 Å². The minimum atomic E-state index is 0.539. The lowest BCUT2D eigenvalue weighted by Gasteiger charge is -2.28. The molecule has 1 aliphatic rings. The van der Waals surface area contributed by atoms with Crippen LogP contribution < -0.4 is 10.5 Å². The first-order chi connectivity index (χ1) is 9.22. The first-order valence-corrected chi connectivity index (χ1v) is 6.77. The Kier molecular flexibility index (Phi) is 3.29. The minimum absolute atomic E-state index is 0.539. The molecule has 1 saturated heterocycles. The van der Waals surface area contributed by atoms with Crippen LogP contribution >= 0.6 is 0 Å². The van der Waals surface area contributed by atoms with Gasteiger partial charge in [-0.1, -0.05) is 0 Å². The largest absolute Gasteiger partial charge is 0.493 e. The van der Waals surface area contributed by atoms with E-state index in [2.05, 4.69) is 22.1 Å². The SMILES string of the molecule is CN1CCC(COc2ccc3c(N)n[nH]c3c2)CC1. The lowest BCUT2D eigenvalue weighted by Crippen LogP contribution is -2.32. The van der Waals surface area contributed by atoms with Crippen LogP contribution in [0, 0.1) is 5.92 Å². The van der Waals surface area contributed by atoms with Crippen LogP contribution in [-0.2, 0) is 0 Å². The number of nitrogens with one attached hydrogen (secondary N) is 1. The zero-order valence-electron chi connectivity index (χ0n) is 11.2. The van der Waals surface area contributed by atoms with Gasteiger partial charge in [0.25, 0.3) is 0 Å². The van der Waals surface area contributed by atoms with Crippen LogP contribution in [-0.4, -0.2) is 41.8 Å². The number of anilines is 1. The summed E-state index contributed by atoms with van der Waals surface area (Å²) in [7, 11) is 2.17. The predicted molar refractivity (Wildman–Crippen MR) is 76.2 cm³/mol. The van der Waals surface area contributed by atoms with Gasteiger partial charge in [0.2, 0.25) is 0 Å². The minimum Gasteiger partial charge on any atom is -0.493 e. The molecule has 5 heteroatoms. The van der Waals surface area contributed by atoms with E-state index in [0.717, 1.165) is 23.3 Å². The summed E-state index contributed by atoms with van der Waals surface area (Å²) in [6.07, 6.45) is 2.44. The van der Waals surface area contributed by atoms with Crippen molar-refractivity contribution < 1.29 is 4.74 Å². The second-order valence-electron chi connectivity index (χ2n) is 5.37. The van der Waals surface area contributed by atoms with E-state index in [9.17, 15) is 0 Å². The molecule has 0 spiro atoms. The lowest BCUT2D eigenvalue weighted by molar-refractivity contribution is 0.160. The van der Waals surface area contributed by atoms with Crippen molar-refractivity contribution in [2.45, 2.75) is 12.8 Å². The van der Waals surface area contributed by atoms with Gasteiger partial charge in [-0.05, 0) is 51.0 Å². The maximum atomic E-state index is 5.89. The number of benzene rings is 1. The topological polar surface area (TPSA) is 67.2 Å². The molecule has 0 radical (unpaired) electrons. The molecule has 0 unspecified atom stereocenters. The number of nitrogen functional groups attached to an aromatic ring is 1. The summed E-state index contributed by atoms with van der Waals surface area (Å²) in [6.45, 7) is 3.14. The van der Waals surface area contributed by atoms with Crippen molar-refractivity contribution in [2.24, 2.45) is 5.92 Å². The second kappa shape index (κ2) is 5.09. The third-order valence-electron chi connectivity index (χ3n) is 3.89. The number of hydrogen-bond acceptors (Lipinski definition) is 4. The number of likely N-dealkylation sites (tertiary alicyclic amines) is 1. The van der Waals surface area contributed by atoms with Gasteiger partial charge in [0.1, 0.15) is 5.75 Å². The Labute approximate surface area is 112 Å². The average Bonchev–Trinajstić information content (AvgIpc) is 2.79. The smallest absolute Gasteiger partial charge is 0.153 e. The molecule has 5 nitrogen and oxygen atoms in total. The van der Waals surface area contributed by atoms with Crippen molar-refractivity contribution >= 4 is 16.7 Å². The number of aromatic amines is 1. The molecule has 0 saturated carbocycles. The van der Waals surface area contributed by atoms with E-state index in [1.165, 1.54) is 25.9 Å². The number of rotatable bonds is 3. The highest BCUT2D eigenvalue weighted by Crippen LogP contribution is 2.24. The summed E-state index contributed by atoms with van der Waals surface area (Å²) in [5.74, 6) is 2.09. The Hall–Kier alpha value is -1.75. The number of fused-ring (bicyclic) bond motifs is 1. The van der Waals surface area contributed by atoms with Crippen molar-refractivity contribution in [3.8, 4) is 5.75 Å². The van der Waals surface area contributed by atoms with Gasteiger partial charge in [-0.15, -0.1) is 0 Å². The summed E-state index contributed by atoms with van der Waals surface area (Å²) < 4.78 is 5.89. The zero-order valence-corrected chi connectivity index (χ0v) is 11.2. The quantitative estimate of drug-likeness (QED) is 0.884. The van der Waals surface area contributed by atoms with Crippen molar-refractivity contribution in [3.63, 3.8) is 0 Å². The van der Waals surface area contributed by atoms with E-state index in [-0.39, 0.29) is 0 Å². The average molecular weight is 260 g/mol. The molecule has 1 aromatic heterocycles. The van der Waals surface area contributed by atoms with Gasteiger partial charge < -0.3 is 15.4 Å². The Morgan fingerprint density at radius 3 is 3.00 bits per heavy atom. The third-order valence-corrected chi connectivity index (χ3v) is 3.89. The van der Waals surface area contributed by atoms with Crippen LogP contribution in [0.2, 0.25) is 0 Å². The maximum absolute atomic E-state index is 5.89. The van der Waals surface area contributed by atoms with E-state index >= 15 is 0 Å². The van der Waals surface area contributed by atoms with Gasteiger partial charge in [-0.3, -0.25) is 5.10 Å². The normalized spacial score (nSPS) is 17.9. The molecular weight excluding hydrogens is 240 g/mol. The van der Waals surface area contributed by atoms with Gasteiger partial charge in [-0.25, -0.2) is 0 Å². The van der Waals surface area contributed by atoms with E-state index < -0.39 is 0 Å². The summed E-state index contributed by atoms with van der Waals surface area (Å²) in [5.41, 5.74) is 6.67. The van der Waals surface area contributed by atoms with Gasteiger partial charge in [0.15, 0.2) is 5.82 Å². The van der Waals surface area contributed by atoms with E-state index in [1.807, 2.05) is 18.2 Å². The van der Waals surface area contributed by atoms with E-state index in [0.29, 0.717) is 11.7 Å². The summed E-state index contributed by atoms with van der Waals surface area (Å²) in [6, 6.07) is 5.88. The third kappa shape index (κ3) is 2.66. The number of H-pyrrole nitrogens is 1. The highest BCUT2D eigenvalue weighted by atomic mass is 16.5. The molecule has 102 valence electrons. The van der Waals surface area contributed by atoms with E-state index in [1.54, 1.807) is 0 Å². The molecule has 3 rings (SSSR count). The van der Waals surface area contributed by atoms with Crippen LogP contribution in [0.15, 0.2) is 18.2 Å². The van der Waals surface area contributed by atoms with Crippen molar-refractivity contribution in [1.29, 1.82) is 0 Å². The summed E-state index contributed by atoms with van der Waals surface area (Å²) in [4.78, 5) is 2.37. The number of ether oxygens (including phenoxy) is 1. The molecule has 0 bridgehead atoms. The fraction of sp³-hybridized carbons (Fsp3) is 0.500. The highest BCUT2D eigenvalue weighted by molar-refractivity contribution is 5.89. The Morgan fingerprint density at radius 2 is 2.21 bits per heavy atom. The number of nitrogens with zero attached hydrogens (tertiary/aromatic N) is 2. The highest BCUT2D eigenvalue weighted by Gasteiger charge is 2.17. The van der Waals surface area contributed by atoms with Gasteiger partial charge in [0.05, 0.1) is 12.1 Å². The van der Waals surface area contributed by atoms with E-state index in [4.69, 9.17) is 10.5 Å². The first-order valence-electron chi connectivity index (χ1n) is 6.77. The molecule has 19 heavy (non-hydrogen) atoms. The molecular formula is C14H20N4O. The fourth-order valence-corrected chi connectivity index (χ4v) is 2.55. The molecule has 1 aliphatic heterocycles. The number of aromatic nitrogens is 2. The summed E-state index contributed by atoms with van der Waals surface area (Å²) >= 11 is 0. The van der Waals surface area contributed by atoms with Gasteiger partial charge in [0, 0.05) is 11.5 Å². The first kappa shape index (κ1) is 12.3. The van der Waals surface area contributed by atoms with Crippen LogP contribution in [0.5, 0.6) is 5.75 Å². The maximum Gasteiger partial charge on any atom is 0.153 e. The summed E-state index contributed by atoms with van der Waals surface area (Å²) in [5, 5.41) is 7.85. The zero-order chi connectivity index (χ0) is 13.2. The Morgan fingerprint density at radius 1 is 1.42 bits per heavy atom. The molecule has 0 amide bonds. The molecule has 3 N–H and O–H groups in total. The van der Waals surface area contributed by atoms with Crippen molar-refractivity contribution in [3.05, 3.63) is 18.2 Å². The van der Waals surface area contributed by atoms with Crippen molar-refractivity contribution in [1.82, 2.24) is 15.1 Å². The number of nitrogens with two attached hydrogens (primary N) is 1. The Balaban J connectivity index is 1.62. The molecule has 0 aliphatic carbocycles. The fourth-order valence-electron chi connectivity index (χ4n) is 2.55. The van der Waals surface area contributed by atoms with Crippen LogP contribution in [0.25, 0.3) is 10.9 Å². The molecule has 1 fully saturated rings. The van der Waals surface area contributed by atoms with Gasteiger partial charge in [-0.2, -0.15) is 5.10 Å². The number of hydrogen-bond donors (Lipinski definition) is 2. The standard InChI is InChI=1S/C14H20N4O/c1-18-6-4-10(5-7-18)9-19-11-2-3-12-13(8-11)16-17-14(12)15/h2-3,8,10H,4-7,9H2,1H3,(H3,15,16,17). The monoisotopic (exact) mass is 260 g/mol. The van der Waals surface area contributed by atoms with Crippen LogP contribution in [0.4, 0.5) is 5.82 Å². The predicted octanol–water partition coefficient (Wildman–Crippen LogP) is 1.87. The number of piperidine rings is 1. The molecule has 2 aromatic rings. The van der Waals surface area contributed by atoms with Crippen molar-refractivity contribution in [2.75, 3.05) is 32.5 Å². The second-order valence-corrected chi connectivity index (χ2v) is 5.37. The lowest BCUT2D eigenvalue weighted by atomic mass is 9.98. The Bertz CT molecular complexity index is 558. The van der Waals surface area contributed by atoms with Crippen LogP contribution in [0.3, 0.4) is 0 Å².